The monoisotopic (exact) mass is 497 g/mol. The smallest absolute Gasteiger partial charge is 0.281 e. The number of aliphatic hydroxyl groups is 2. The Labute approximate surface area is 205 Å². The van der Waals surface area contributed by atoms with Crippen LogP contribution in [0.15, 0.2) is 40.2 Å². The number of nitrogens with zero attached hydrogens (tertiary/aromatic N) is 3. The Morgan fingerprint density at radius 2 is 1.71 bits per heavy atom. The van der Waals surface area contributed by atoms with E-state index in [0.717, 1.165) is 22.5 Å². The molecule has 11 heteroatoms. The number of aromatic amines is 1. The van der Waals surface area contributed by atoms with Gasteiger partial charge in [0.2, 0.25) is 0 Å². The number of rotatable bonds is 5. The number of hydrogen-bond acceptors (Lipinski definition) is 7. The number of thiophene rings is 1. The highest BCUT2D eigenvalue weighted by atomic mass is 32.1. The van der Waals surface area contributed by atoms with Crippen molar-refractivity contribution >= 4 is 28.9 Å². The lowest BCUT2D eigenvalue weighted by molar-refractivity contribution is 0.0572. The van der Waals surface area contributed by atoms with E-state index in [1.807, 2.05) is 32.0 Å². The number of aliphatic hydroxyl groups excluding tert-OH is 2. The van der Waals surface area contributed by atoms with Gasteiger partial charge in [-0.05, 0) is 63.1 Å². The Bertz CT molecular complexity index is 1380. The Kier molecular flexibility index (Phi) is 6.75. The molecule has 2 unspecified atom stereocenters. The summed E-state index contributed by atoms with van der Waals surface area (Å²) in [6.07, 6.45) is -1.95. The summed E-state index contributed by atoms with van der Waals surface area (Å²) in [5.41, 5.74) is 6.37. The van der Waals surface area contributed by atoms with Gasteiger partial charge in [0.25, 0.3) is 17.4 Å². The molecule has 35 heavy (non-hydrogen) atoms. The number of hydrogen-bond donors (Lipinski definition) is 4. The van der Waals surface area contributed by atoms with Gasteiger partial charge in [-0.3, -0.25) is 19.5 Å². The van der Waals surface area contributed by atoms with Crippen LogP contribution in [-0.4, -0.2) is 67.7 Å². The molecule has 184 valence electrons. The van der Waals surface area contributed by atoms with Crippen molar-refractivity contribution in [3.05, 3.63) is 72.8 Å². The van der Waals surface area contributed by atoms with Crippen LogP contribution in [0.2, 0.25) is 0 Å². The van der Waals surface area contributed by atoms with E-state index >= 15 is 0 Å². The van der Waals surface area contributed by atoms with Crippen LogP contribution in [0.4, 0.5) is 0 Å². The summed E-state index contributed by atoms with van der Waals surface area (Å²) < 4.78 is 1.45. The normalized spacial score (nSPS) is 18.2. The molecule has 2 amide bonds. The number of likely N-dealkylation sites (tertiary alicyclic amines) is 1. The van der Waals surface area contributed by atoms with E-state index in [1.165, 1.54) is 21.7 Å². The average Bonchev–Trinajstić information content (AvgIpc) is 3.51. The first-order valence-corrected chi connectivity index (χ1v) is 11.9. The molecule has 0 bridgehead atoms. The van der Waals surface area contributed by atoms with Crippen molar-refractivity contribution in [3.63, 3.8) is 0 Å². The van der Waals surface area contributed by atoms with Crippen molar-refractivity contribution in [2.75, 3.05) is 13.1 Å². The van der Waals surface area contributed by atoms with Crippen molar-refractivity contribution in [2.24, 2.45) is 5.10 Å². The van der Waals surface area contributed by atoms with Crippen LogP contribution in [-0.2, 0) is 0 Å². The van der Waals surface area contributed by atoms with Gasteiger partial charge in [0.05, 0.1) is 38.9 Å². The lowest BCUT2D eigenvalue weighted by atomic mass is 10.1. The minimum absolute atomic E-state index is 0.0403. The molecule has 0 saturated carbocycles. The Balaban J connectivity index is 1.49. The van der Waals surface area contributed by atoms with Crippen molar-refractivity contribution in [2.45, 2.75) is 39.9 Å². The van der Waals surface area contributed by atoms with Crippen LogP contribution in [0, 0.1) is 20.8 Å². The molecule has 2 atom stereocenters. The molecule has 4 rings (SSSR count). The van der Waals surface area contributed by atoms with E-state index in [1.54, 1.807) is 13.8 Å². The molecular weight excluding hydrogens is 470 g/mol. The Morgan fingerprint density at radius 1 is 1.06 bits per heavy atom. The summed E-state index contributed by atoms with van der Waals surface area (Å²) in [6.45, 7) is 7.45. The molecule has 1 saturated heterocycles. The number of hydrazone groups is 1. The highest BCUT2D eigenvalue weighted by Gasteiger charge is 2.33. The summed E-state index contributed by atoms with van der Waals surface area (Å²) in [7, 11) is 0. The molecule has 4 N–H and O–H groups in total. The summed E-state index contributed by atoms with van der Waals surface area (Å²) in [4.78, 5) is 40.2. The first-order valence-electron chi connectivity index (χ1n) is 11.1. The van der Waals surface area contributed by atoms with Crippen LogP contribution in [0.1, 0.15) is 48.7 Å². The maximum atomic E-state index is 13.1. The molecule has 3 aromatic rings. The molecular formula is C24H27N5O5S. The van der Waals surface area contributed by atoms with Crippen molar-refractivity contribution in [1.29, 1.82) is 0 Å². The molecule has 0 spiro atoms. The second-order valence-electron chi connectivity index (χ2n) is 8.67. The van der Waals surface area contributed by atoms with Gasteiger partial charge in [0.1, 0.15) is 0 Å². The minimum Gasteiger partial charge on any atom is -0.388 e. The predicted octanol–water partition coefficient (Wildman–Crippen LogP) is 1.48. The lowest BCUT2D eigenvalue weighted by Gasteiger charge is -2.13. The number of benzene rings is 1. The first kappa shape index (κ1) is 24.6. The summed E-state index contributed by atoms with van der Waals surface area (Å²) in [5.74, 6) is -0.878. The molecule has 1 fully saturated rings. The molecule has 0 radical (unpaired) electrons. The first-order chi connectivity index (χ1) is 16.6. The number of carbonyl (C=O) groups is 2. The quantitative estimate of drug-likeness (QED) is 0.312. The maximum absolute atomic E-state index is 13.1. The number of β-amino-alcohol motifs (C(OH)–C–C–N with tert-alkyl or cyclic N) is 2. The van der Waals surface area contributed by atoms with Gasteiger partial charge in [-0.15, -0.1) is 11.3 Å². The summed E-state index contributed by atoms with van der Waals surface area (Å²) in [5, 5.41) is 26.5. The third-order valence-electron chi connectivity index (χ3n) is 6.09. The van der Waals surface area contributed by atoms with Crippen LogP contribution >= 0.6 is 11.3 Å². The van der Waals surface area contributed by atoms with Gasteiger partial charge in [0.15, 0.2) is 0 Å². The van der Waals surface area contributed by atoms with Gasteiger partial charge in [0, 0.05) is 18.8 Å². The largest absolute Gasteiger partial charge is 0.388 e. The number of aryl methyl sites for hydroxylation is 3. The molecule has 1 aliphatic rings. The zero-order valence-corrected chi connectivity index (χ0v) is 20.6. The van der Waals surface area contributed by atoms with E-state index in [0.29, 0.717) is 27.5 Å². The highest BCUT2D eigenvalue weighted by Crippen LogP contribution is 2.21. The van der Waals surface area contributed by atoms with Gasteiger partial charge in [-0.1, -0.05) is 6.07 Å². The van der Waals surface area contributed by atoms with E-state index < -0.39 is 18.1 Å². The van der Waals surface area contributed by atoms with Gasteiger partial charge in [-0.2, -0.15) is 5.10 Å². The third-order valence-corrected chi connectivity index (χ3v) is 7.17. The molecule has 0 aliphatic carbocycles. The molecule has 2 aromatic heterocycles. The van der Waals surface area contributed by atoms with E-state index in [2.05, 4.69) is 15.6 Å². The Morgan fingerprint density at radius 3 is 2.37 bits per heavy atom. The van der Waals surface area contributed by atoms with Crippen LogP contribution in [0.5, 0.6) is 0 Å². The SMILES string of the molecule is CC(=NNC(=O)c1ccc(C(=O)N2CC(O)C(O)C2)s1)c1c(C)[nH]n(-c2ccc(C)c(C)c2)c1=O. The highest BCUT2D eigenvalue weighted by molar-refractivity contribution is 7.15. The fourth-order valence-corrected chi connectivity index (χ4v) is 4.79. The van der Waals surface area contributed by atoms with Crippen LogP contribution in [0.25, 0.3) is 5.69 Å². The number of carbonyl (C=O) groups excluding carboxylic acids is 2. The average molecular weight is 498 g/mol. The van der Waals surface area contributed by atoms with Gasteiger partial charge < -0.3 is 15.1 Å². The third kappa shape index (κ3) is 4.83. The second-order valence-corrected chi connectivity index (χ2v) is 9.75. The fourth-order valence-electron chi connectivity index (χ4n) is 3.93. The van der Waals surface area contributed by atoms with E-state index in [9.17, 15) is 24.6 Å². The Hall–Kier alpha value is -3.54. The second kappa shape index (κ2) is 9.61. The molecule has 10 nitrogen and oxygen atoms in total. The fraction of sp³-hybridized carbons (Fsp3) is 0.333. The predicted molar refractivity (Wildman–Crippen MR) is 133 cm³/mol. The van der Waals surface area contributed by atoms with Gasteiger partial charge in [-0.25, -0.2) is 10.1 Å². The van der Waals surface area contributed by atoms with Crippen LogP contribution < -0.4 is 11.0 Å². The molecule has 1 aliphatic heterocycles. The maximum Gasteiger partial charge on any atom is 0.281 e. The zero-order valence-electron chi connectivity index (χ0n) is 19.8. The molecule has 3 heterocycles. The summed E-state index contributed by atoms with van der Waals surface area (Å²) >= 11 is 0.988. The van der Waals surface area contributed by atoms with Crippen molar-refractivity contribution < 1.29 is 19.8 Å². The number of H-pyrrole nitrogens is 1. The number of nitrogens with one attached hydrogen (secondary N) is 2. The van der Waals surface area contributed by atoms with Crippen LogP contribution in [0.3, 0.4) is 0 Å². The number of aromatic nitrogens is 2. The standard InChI is InChI=1S/C24H27N5O5S/c1-12-5-6-16(9-13(12)2)29-24(34)21(15(4)27-29)14(3)25-26-22(32)19-7-8-20(35-19)23(33)28-10-17(30)18(31)11-28/h5-9,17-18,27,30-31H,10-11H2,1-4H3,(H,26,32). The zero-order chi connectivity index (χ0) is 25.4. The minimum atomic E-state index is -0.976. The lowest BCUT2D eigenvalue weighted by Crippen LogP contribution is -2.29. The van der Waals surface area contributed by atoms with Crippen molar-refractivity contribution in [1.82, 2.24) is 20.1 Å². The molecule has 1 aromatic carbocycles. The number of amides is 2. The van der Waals surface area contributed by atoms with E-state index in [-0.39, 0.29) is 29.4 Å². The van der Waals surface area contributed by atoms with E-state index in [4.69, 9.17) is 0 Å². The van der Waals surface area contributed by atoms with Gasteiger partial charge >= 0.3 is 0 Å². The topological polar surface area (TPSA) is 140 Å². The summed E-state index contributed by atoms with van der Waals surface area (Å²) in [6, 6.07) is 8.76. The van der Waals surface area contributed by atoms with Crippen molar-refractivity contribution in [3.8, 4) is 5.69 Å².